The highest BCUT2D eigenvalue weighted by Gasteiger charge is 2.21. The van der Waals surface area contributed by atoms with E-state index in [1.807, 2.05) is 0 Å². The van der Waals surface area contributed by atoms with Crippen molar-refractivity contribution in [1.29, 1.82) is 0 Å². The number of hydrogen-bond donors (Lipinski definition) is 3. The van der Waals surface area contributed by atoms with Gasteiger partial charge >= 0.3 is 0 Å². The first-order chi connectivity index (χ1) is 6.57. The Labute approximate surface area is 98.6 Å². The molecule has 0 bridgehead atoms. The van der Waals surface area contributed by atoms with Crippen molar-refractivity contribution >= 4 is 31.9 Å². The van der Waals surface area contributed by atoms with E-state index >= 15 is 0 Å². The summed E-state index contributed by atoms with van der Waals surface area (Å²) in [6.45, 7) is -0.477. The lowest BCUT2D eigenvalue weighted by atomic mass is 10.1. The molecule has 0 fully saturated rings. The fourth-order valence-corrected chi connectivity index (χ4v) is 2.55. The summed E-state index contributed by atoms with van der Waals surface area (Å²) in [4.78, 5) is 0. The number of benzene rings is 1. The van der Waals surface area contributed by atoms with Gasteiger partial charge in [-0.2, -0.15) is 0 Å². The molecule has 3 N–H and O–H groups in total. The molecule has 5 heteroatoms. The molecule has 0 heterocycles. The van der Waals surface area contributed by atoms with Crippen LogP contribution in [0.4, 0.5) is 0 Å². The van der Waals surface area contributed by atoms with Crippen molar-refractivity contribution < 1.29 is 15.3 Å². The Morgan fingerprint density at radius 2 is 1.64 bits per heavy atom. The zero-order chi connectivity index (χ0) is 10.7. The molecule has 0 aliphatic heterocycles. The number of hydrogen-bond acceptors (Lipinski definition) is 3. The first-order valence-corrected chi connectivity index (χ1v) is 5.57. The van der Waals surface area contributed by atoms with Crippen LogP contribution in [-0.4, -0.2) is 28.0 Å². The standard InChI is InChI=1S/C9H10Br2O3/c10-5-2-1-3-6(11)8(5)9(14)7(13)4-12/h1-3,7,9,12-14H,4H2. The molecular formula is C9H10Br2O3. The Balaban J connectivity index is 3.05. The molecular weight excluding hydrogens is 316 g/mol. The van der Waals surface area contributed by atoms with Crippen LogP contribution in [0.2, 0.25) is 0 Å². The Morgan fingerprint density at radius 1 is 1.14 bits per heavy atom. The zero-order valence-corrected chi connectivity index (χ0v) is 10.4. The summed E-state index contributed by atoms with van der Waals surface area (Å²) in [5.41, 5.74) is 0.536. The van der Waals surface area contributed by atoms with E-state index in [2.05, 4.69) is 31.9 Å². The highest BCUT2D eigenvalue weighted by molar-refractivity contribution is 9.11. The van der Waals surface area contributed by atoms with Gasteiger partial charge in [0.1, 0.15) is 12.2 Å². The van der Waals surface area contributed by atoms with Gasteiger partial charge in [-0.05, 0) is 12.1 Å². The maximum absolute atomic E-state index is 9.68. The van der Waals surface area contributed by atoms with Crippen molar-refractivity contribution in [2.45, 2.75) is 12.2 Å². The highest BCUT2D eigenvalue weighted by atomic mass is 79.9. The van der Waals surface area contributed by atoms with Crippen LogP contribution in [0.5, 0.6) is 0 Å². The van der Waals surface area contributed by atoms with Crippen molar-refractivity contribution in [2.75, 3.05) is 6.61 Å². The van der Waals surface area contributed by atoms with Crippen LogP contribution in [-0.2, 0) is 0 Å². The van der Waals surface area contributed by atoms with Gasteiger partial charge in [-0.25, -0.2) is 0 Å². The van der Waals surface area contributed by atoms with Crippen LogP contribution in [0.1, 0.15) is 11.7 Å². The number of aliphatic hydroxyl groups is 3. The van der Waals surface area contributed by atoms with Crippen molar-refractivity contribution in [2.24, 2.45) is 0 Å². The molecule has 0 saturated carbocycles. The third kappa shape index (κ3) is 2.55. The third-order valence-electron chi connectivity index (χ3n) is 1.85. The molecule has 1 rings (SSSR count). The van der Waals surface area contributed by atoms with Gasteiger partial charge in [-0.3, -0.25) is 0 Å². The lowest BCUT2D eigenvalue weighted by Gasteiger charge is -2.18. The second kappa shape index (κ2) is 5.23. The monoisotopic (exact) mass is 324 g/mol. The summed E-state index contributed by atoms with van der Waals surface area (Å²) >= 11 is 6.52. The highest BCUT2D eigenvalue weighted by Crippen LogP contribution is 2.32. The second-order valence-electron chi connectivity index (χ2n) is 2.83. The SMILES string of the molecule is OCC(O)C(O)c1c(Br)cccc1Br. The van der Waals surface area contributed by atoms with Crippen LogP contribution in [0.25, 0.3) is 0 Å². The molecule has 0 aromatic heterocycles. The third-order valence-corrected chi connectivity index (χ3v) is 3.23. The summed E-state index contributed by atoms with van der Waals surface area (Å²) in [7, 11) is 0. The van der Waals surface area contributed by atoms with Crippen LogP contribution in [0.15, 0.2) is 27.1 Å². The number of halogens is 2. The molecule has 0 radical (unpaired) electrons. The van der Waals surface area contributed by atoms with E-state index in [-0.39, 0.29) is 0 Å². The van der Waals surface area contributed by atoms with E-state index in [0.717, 1.165) is 0 Å². The largest absolute Gasteiger partial charge is 0.394 e. The predicted octanol–water partition coefficient (Wildman–Crippen LogP) is 1.60. The van der Waals surface area contributed by atoms with Crippen LogP contribution >= 0.6 is 31.9 Å². The fourth-order valence-electron chi connectivity index (χ4n) is 1.09. The first-order valence-electron chi connectivity index (χ1n) is 3.98. The quantitative estimate of drug-likeness (QED) is 0.791. The minimum Gasteiger partial charge on any atom is -0.394 e. The normalized spacial score (nSPS) is 15.2. The van der Waals surface area contributed by atoms with E-state index in [1.54, 1.807) is 18.2 Å². The fraction of sp³-hybridized carbons (Fsp3) is 0.333. The molecule has 1 aromatic carbocycles. The first kappa shape index (κ1) is 12.1. The predicted molar refractivity (Wildman–Crippen MR) is 59.9 cm³/mol. The van der Waals surface area contributed by atoms with Crippen molar-refractivity contribution in [1.82, 2.24) is 0 Å². The average Bonchev–Trinajstić information content (AvgIpc) is 2.16. The summed E-state index contributed by atoms with van der Waals surface area (Å²) in [5.74, 6) is 0. The van der Waals surface area contributed by atoms with Gasteiger partial charge in [0.15, 0.2) is 0 Å². The Bertz CT molecular complexity index is 297. The Hall–Kier alpha value is 0.0600. The van der Waals surface area contributed by atoms with E-state index in [0.29, 0.717) is 14.5 Å². The maximum atomic E-state index is 9.68. The van der Waals surface area contributed by atoms with Gasteiger partial charge in [-0.1, -0.05) is 37.9 Å². The van der Waals surface area contributed by atoms with E-state index in [4.69, 9.17) is 5.11 Å². The minimum absolute atomic E-state index is 0.477. The van der Waals surface area contributed by atoms with Gasteiger partial charge in [0.05, 0.1) is 6.61 Å². The Kier molecular flexibility index (Phi) is 4.53. The second-order valence-corrected chi connectivity index (χ2v) is 4.54. The molecule has 0 spiro atoms. The van der Waals surface area contributed by atoms with Gasteiger partial charge in [0, 0.05) is 14.5 Å². The average molecular weight is 326 g/mol. The van der Waals surface area contributed by atoms with Gasteiger partial charge < -0.3 is 15.3 Å². The zero-order valence-electron chi connectivity index (χ0n) is 7.19. The molecule has 2 atom stereocenters. The smallest absolute Gasteiger partial charge is 0.109 e. The summed E-state index contributed by atoms with van der Waals surface area (Å²) in [6.07, 6.45) is -2.28. The number of rotatable bonds is 3. The van der Waals surface area contributed by atoms with Gasteiger partial charge in [0.2, 0.25) is 0 Å². The molecule has 0 aliphatic carbocycles. The van der Waals surface area contributed by atoms with Crippen LogP contribution < -0.4 is 0 Å². The summed E-state index contributed by atoms with van der Waals surface area (Å²) in [6, 6.07) is 5.32. The Morgan fingerprint density at radius 3 is 2.07 bits per heavy atom. The molecule has 0 aliphatic rings. The van der Waals surface area contributed by atoms with Crippen LogP contribution in [0, 0.1) is 0 Å². The summed E-state index contributed by atoms with van der Waals surface area (Å²) < 4.78 is 1.37. The molecule has 3 nitrogen and oxygen atoms in total. The maximum Gasteiger partial charge on any atom is 0.109 e. The molecule has 78 valence electrons. The molecule has 2 unspecified atom stereocenters. The lowest BCUT2D eigenvalue weighted by Crippen LogP contribution is -2.22. The molecule has 1 aromatic rings. The summed E-state index contributed by atoms with van der Waals surface area (Å²) in [5, 5.41) is 27.7. The van der Waals surface area contributed by atoms with E-state index in [9.17, 15) is 10.2 Å². The van der Waals surface area contributed by atoms with Crippen molar-refractivity contribution in [3.8, 4) is 0 Å². The van der Waals surface area contributed by atoms with Gasteiger partial charge in [0.25, 0.3) is 0 Å². The lowest BCUT2D eigenvalue weighted by molar-refractivity contribution is -0.0159. The molecule has 14 heavy (non-hydrogen) atoms. The minimum atomic E-state index is -1.18. The molecule has 0 amide bonds. The van der Waals surface area contributed by atoms with Gasteiger partial charge in [-0.15, -0.1) is 0 Å². The van der Waals surface area contributed by atoms with E-state index < -0.39 is 18.8 Å². The van der Waals surface area contributed by atoms with Crippen LogP contribution in [0.3, 0.4) is 0 Å². The number of aliphatic hydroxyl groups excluding tert-OH is 3. The topological polar surface area (TPSA) is 60.7 Å². The molecule has 0 saturated heterocycles. The van der Waals surface area contributed by atoms with E-state index in [1.165, 1.54) is 0 Å². The van der Waals surface area contributed by atoms with Crippen molar-refractivity contribution in [3.63, 3.8) is 0 Å². The van der Waals surface area contributed by atoms with Crippen molar-refractivity contribution in [3.05, 3.63) is 32.7 Å².